The van der Waals surface area contributed by atoms with Crippen LogP contribution >= 0.6 is 0 Å². The zero-order valence-electron chi connectivity index (χ0n) is 9.76. The van der Waals surface area contributed by atoms with Gasteiger partial charge in [0.25, 0.3) is 0 Å². The summed E-state index contributed by atoms with van der Waals surface area (Å²) >= 11 is 0. The largest absolute Gasteiger partial charge is 0.456 e. The minimum atomic E-state index is -3.29. The van der Waals surface area contributed by atoms with Gasteiger partial charge in [-0.25, -0.2) is 4.79 Å². The second-order valence-corrected chi connectivity index (χ2v) is 4.68. The van der Waals surface area contributed by atoms with Gasteiger partial charge in [-0.05, 0) is 25.3 Å². The molecule has 0 saturated carbocycles. The minimum Gasteiger partial charge on any atom is -0.456 e. The maximum atomic E-state index is 12.8. The van der Waals surface area contributed by atoms with E-state index in [0.717, 1.165) is 19.4 Å². The van der Waals surface area contributed by atoms with Crippen LogP contribution in [0.15, 0.2) is 0 Å². The Morgan fingerprint density at radius 1 is 1.56 bits per heavy atom. The van der Waals surface area contributed by atoms with Crippen molar-refractivity contribution in [2.24, 2.45) is 5.92 Å². The fourth-order valence-electron chi connectivity index (χ4n) is 1.66. The molecule has 0 amide bonds. The molecule has 0 aromatic heterocycles. The van der Waals surface area contributed by atoms with Crippen LogP contribution in [0.1, 0.15) is 33.1 Å². The molecule has 1 aliphatic rings. The van der Waals surface area contributed by atoms with Crippen LogP contribution in [0.3, 0.4) is 0 Å². The Bertz CT molecular complexity index is 244. The van der Waals surface area contributed by atoms with Crippen molar-refractivity contribution in [2.45, 2.75) is 45.1 Å². The maximum Gasteiger partial charge on any atom is 0.377 e. The molecule has 5 heteroatoms. The van der Waals surface area contributed by atoms with Crippen LogP contribution in [0.5, 0.6) is 0 Å². The normalized spacial score (nSPS) is 23.8. The van der Waals surface area contributed by atoms with Gasteiger partial charge in [-0.15, -0.1) is 0 Å². The lowest BCUT2D eigenvalue weighted by Gasteiger charge is -2.10. The summed E-state index contributed by atoms with van der Waals surface area (Å²) in [5, 5.41) is 3.03. The van der Waals surface area contributed by atoms with Crippen molar-refractivity contribution in [3.8, 4) is 0 Å². The van der Waals surface area contributed by atoms with Gasteiger partial charge in [0.15, 0.2) is 0 Å². The van der Waals surface area contributed by atoms with Crippen molar-refractivity contribution in [3.63, 3.8) is 0 Å². The van der Waals surface area contributed by atoms with E-state index < -0.39 is 24.4 Å². The molecular weight excluding hydrogens is 216 g/mol. The number of hydrogen-bond acceptors (Lipinski definition) is 3. The van der Waals surface area contributed by atoms with Gasteiger partial charge in [0, 0.05) is 6.54 Å². The SMILES string of the molecule is CC(C)CCCNCC1CC(F)(F)C(=O)O1. The van der Waals surface area contributed by atoms with Crippen molar-refractivity contribution in [1.82, 2.24) is 5.32 Å². The highest BCUT2D eigenvalue weighted by molar-refractivity contribution is 5.79. The van der Waals surface area contributed by atoms with Gasteiger partial charge < -0.3 is 10.1 Å². The molecule has 16 heavy (non-hydrogen) atoms. The first-order valence-corrected chi connectivity index (χ1v) is 5.71. The van der Waals surface area contributed by atoms with Crippen molar-refractivity contribution >= 4 is 5.97 Å². The van der Waals surface area contributed by atoms with E-state index in [1.165, 1.54) is 0 Å². The second kappa shape index (κ2) is 5.57. The lowest BCUT2D eigenvalue weighted by molar-refractivity contribution is -0.158. The molecule has 0 radical (unpaired) electrons. The smallest absolute Gasteiger partial charge is 0.377 e. The quantitative estimate of drug-likeness (QED) is 0.565. The summed E-state index contributed by atoms with van der Waals surface area (Å²) in [5.74, 6) is -4.03. The summed E-state index contributed by atoms with van der Waals surface area (Å²) in [6.07, 6.45) is 0.937. The highest BCUT2D eigenvalue weighted by Gasteiger charge is 2.50. The van der Waals surface area contributed by atoms with Crippen molar-refractivity contribution in [2.75, 3.05) is 13.1 Å². The van der Waals surface area contributed by atoms with Crippen LogP contribution in [0.25, 0.3) is 0 Å². The first-order valence-electron chi connectivity index (χ1n) is 5.71. The number of esters is 1. The Balaban J connectivity index is 2.09. The number of halogens is 2. The Kier molecular flexibility index (Phi) is 4.65. The van der Waals surface area contributed by atoms with E-state index in [1.54, 1.807) is 0 Å². The summed E-state index contributed by atoms with van der Waals surface area (Å²) in [4.78, 5) is 10.7. The monoisotopic (exact) mass is 235 g/mol. The molecule has 0 bridgehead atoms. The number of nitrogens with one attached hydrogen (secondary N) is 1. The van der Waals surface area contributed by atoms with Gasteiger partial charge in [0.05, 0.1) is 6.42 Å². The average Bonchev–Trinajstić information content (AvgIpc) is 2.39. The Morgan fingerprint density at radius 3 is 2.75 bits per heavy atom. The predicted octanol–water partition coefficient (Wildman–Crippen LogP) is 1.96. The van der Waals surface area contributed by atoms with Crippen LogP contribution in [0.4, 0.5) is 8.78 Å². The van der Waals surface area contributed by atoms with Gasteiger partial charge in [-0.3, -0.25) is 0 Å². The molecule has 1 fully saturated rings. The van der Waals surface area contributed by atoms with E-state index in [-0.39, 0.29) is 0 Å². The lowest BCUT2D eigenvalue weighted by Crippen LogP contribution is -2.28. The summed E-state index contributed by atoms with van der Waals surface area (Å²) < 4.78 is 30.1. The zero-order chi connectivity index (χ0) is 12.2. The van der Waals surface area contributed by atoms with Crippen LogP contribution in [0.2, 0.25) is 0 Å². The highest BCUT2D eigenvalue weighted by atomic mass is 19.3. The molecule has 1 unspecified atom stereocenters. The van der Waals surface area contributed by atoms with Gasteiger partial charge in [-0.2, -0.15) is 8.78 Å². The number of carbonyl (C=O) groups excluding carboxylic acids is 1. The summed E-state index contributed by atoms with van der Waals surface area (Å²) in [7, 11) is 0. The highest BCUT2D eigenvalue weighted by Crippen LogP contribution is 2.30. The molecule has 1 atom stereocenters. The number of alkyl halides is 2. The Labute approximate surface area is 94.5 Å². The topological polar surface area (TPSA) is 38.3 Å². The van der Waals surface area contributed by atoms with Gasteiger partial charge >= 0.3 is 11.9 Å². The lowest BCUT2D eigenvalue weighted by atomic mass is 10.1. The minimum absolute atomic E-state index is 0.319. The molecule has 1 heterocycles. The maximum absolute atomic E-state index is 12.8. The summed E-state index contributed by atoms with van der Waals surface area (Å²) in [5.41, 5.74) is 0. The number of rotatable bonds is 6. The molecule has 0 spiro atoms. The van der Waals surface area contributed by atoms with Crippen molar-refractivity contribution < 1.29 is 18.3 Å². The molecule has 94 valence electrons. The third-order valence-corrected chi connectivity index (χ3v) is 2.56. The van der Waals surface area contributed by atoms with Gasteiger partial charge in [0.2, 0.25) is 0 Å². The van der Waals surface area contributed by atoms with E-state index in [1.807, 2.05) is 0 Å². The number of carbonyl (C=O) groups is 1. The Morgan fingerprint density at radius 2 is 2.25 bits per heavy atom. The van der Waals surface area contributed by atoms with E-state index >= 15 is 0 Å². The van der Waals surface area contributed by atoms with Crippen LogP contribution in [-0.4, -0.2) is 31.1 Å². The average molecular weight is 235 g/mol. The molecule has 1 saturated heterocycles. The third kappa shape index (κ3) is 4.04. The molecule has 1 aliphatic heterocycles. The second-order valence-electron chi connectivity index (χ2n) is 4.68. The fourth-order valence-corrected chi connectivity index (χ4v) is 1.66. The first kappa shape index (κ1) is 13.4. The van der Waals surface area contributed by atoms with Crippen LogP contribution in [-0.2, 0) is 9.53 Å². The summed E-state index contributed by atoms with van der Waals surface area (Å²) in [6, 6.07) is 0. The summed E-state index contributed by atoms with van der Waals surface area (Å²) in [6.45, 7) is 5.37. The van der Waals surface area contributed by atoms with Crippen LogP contribution in [0, 0.1) is 5.92 Å². The van der Waals surface area contributed by atoms with Crippen molar-refractivity contribution in [3.05, 3.63) is 0 Å². The van der Waals surface area contributed by atoms with E-state index in [2.05, 4.69) is 23.9 Å². The molecule has 1 rings (SSSR count). The fraction of sp³-hybridized carbons (Fsp3) is 0.909. The molecule has 1 N–H and O–H groups in total. The van der Waals surface area contributed by atoms with Gasteiger partial charge in [0.1, 0.15) is 6.10 Å². The molecular formula is C11H19F2NO2. The third-order valence-electron chi connectivity index (χ3n) is 2.56. The molecule has 0 aromatic rings. The number of cyclic esters (lactones) is 1. The molecule has 3 nitrogen and oxygen atoms in total. The standard InChI is InChI=1S/C11H19F2NO2/c1-8(2)4-3-5-14-7-9-6-11(12,13)10(15)16-9/h8-9,14H,3-7H2,1-2H3. The predicted molar refractivity (Wildman–Crippen MR) is 56.4 cm³/mol. The van der Waals surface area contributed by atoms with E-state index in [0.29, 0.717) is 12.5 Å². The van der Waals surface area contributed by atoms with E-state index in [4.69, 9.17) is 0 Å². The first-order chi connectivity index (χ1) is 7.42. The zero-order valence-corrected chi connectivity index (χ0v) is 9.76. The van der Waals surface area contributed by atoms with Gasteiger partial charge in [-0.1, -0.05) is 13.8 Å². The van der Waals surface area contributed by atoms with Crippen LogP contribution < -0.4 is 5.32 Å². The molecule has 0 aliphatic carbocycles. The number of hydrogen-bond donors (Lipinski definition) is 1. The number of ether oxygens (including phenoxy) is 1. The van der Waals surface area contributed by atoms with E-state index in [9.17, 15) is 13.6 Å². The molecule has 0 aromatic carbocycles. The Hall–Kier alpha value is -0.710. The van der Waals surface area contributed by atoms with Crippen molar-refractivity contribution in [1.29, 1.82) is 0 Å².